The highest BCUT2D eigenvalue weighted by atomic mass is 32.2. The molecule has 9 heteroatoms. The third-order valence-electron chi connectivity index (χ3n) is 4.22. The minimum absolute atomic E-state index is 0.0528. The Morgan fingerprint density at radius 3 is 2.64 bits per heavy atom. The van der Waals surface area contributed by atoms with E-state index in [-0.39, 0.29) is 22.1 Å². The Morgan fingerprint density at radius 2 is 2.05 bits per heavy atom. The number of amides is 1. The first kappa shape index (κ1) is 15.8. The number of piperidine rings is 1. The van der Waals surface area contributed by atoms with Gasteiger partial charge < -0.3 is 9.64 Å². The highest BCUT2D eigenvalue weighted by molar-refractivity contribution is 7.92. The van der Waals surface area contributed by atoms with Gasteiger partial charge >= 0.3 is 0 Å². The van der Waals surface area contributed by atoms with Gasteiger partial charge in [-0.1, -0.05) is 4.49 Å². The zero-order chi connectivity index (χ0) is 15.7. The molecule has 122 valence electrons. The van der Waals surface area contributed by atoms with Gasteiger partial charge in [0, 0.05) is 43.4 Å². The van der Waals surface area contributed by atoms with E-state index in [0.29, 0.717) is 38.2 Å². The van der Waals surface area contributed by atoms with E-state index in [9.17, 15) is 13.2 Å². The lowest BCUT2D eigenvalue weighted by Gasteiger charge is -2.32. The second-order valence-corrected chi connectivity index (χ2v) is 8.78. The van der Waals surface area contributed by atoms with E-state index in [1.54, 1.807) is 0 Å². The molecule has 0 bridgehead atoms. The number of hydrogen-bond donors (Lipinski definition) is 0. The van der Waals surface area contributed by atoms with E-state index in [2.05, 4.69) is 9.59 Å². The van der Waals surface area contributed by atoms with Crippen LogP contribution in [0, 0.1) is 0 Å². The van der Waals surface area contributed by atoms with Crippen LogP contribution >= 0.6 is 11.5 Å². The number of carbonyl (C=O) groups excluding carboxylic acids is 1. The van der Waals surface area contributed by atoms with Crippen LogP contribution in [0.2, 0.25) is 0 Å². The Morgan fingerprint density at radius 1 is 1.32 bits per heavy atom. The quantitative estimate of drug-likeness (QED) is 0.806. The van der Waals surface area contributed by atoms with Gasteiger partial charge in [-0.15, -0.1) is 5.10 Å². The minimum Gasteiger partial charge on any atom is -0.368 e. The van der Waals surface area contributed by atoms with E-state index in [4.69, 9.17) is 4.74 Å². The number of carbonyl (C=O) groups is 1. The van der Waals surface area contributed by atoms with Gasteiger partial charge in [0.15, 0.2) is 14.0 Å². The van der Waals surface area contributed by atoms with Gasteiger partial charge in [0.1, 0.15) is 6.10 Å². The first-order valence-electron chi connectivity index (χ1n) is 7.39. The zero-order valence-corrected chi connectivity index (χ0v) is 14.0. The van der Waals surface area contributed by atoms with Crippen molar-refractivity contribution in [1.29, 1.82) is 0 Å². The maximum atomic E-state index is 12.3. The van der Waals surface area contributed by atoms with Crippen molar-refractivity contribution in [2.75, 3.05) is 26.0 Å². The van der Waals surface area contributed by atoms with Crippen molar-refractivity contribution in [3.05, 3.63) is 5.69 Å². The molecule has 3 rings (SSSR count). The fourth-order valence-electron chi connectivity index (χ4n) is 3.04. The predicted octanol–water partition coefficient (Wildman–Crippen LogP) is 0.827. The van der Waals surface area contributed by atoms with E-state index in [1.165, 1.54) is 6.26 Å². The Bertz CT molecular complexity index is 644. The number of sulfone groups is 1. The fourth-order valence-corrected chi connectivity index (χ4v) is 4.78. The van der Waals surface area contributed by atoms with Crippen LogP contribution < -0.4 is 0 Å². The van der Waals surface area contributed by atoms with Crippen LogP contribution in [0.5, 0.6) is 0 Å². The molecule has 0 radical (unpaired) electrons. The molecule has 1 amide bonds. The van der Waals surface area contributed by atoms with Crippen LogP contribution in [0.25, 0.3) is 0 Å². The van der Waals surface area contributed by atoms with Crippen LogP contribution in [-0.2, 0) is 19.4 Å². The van der Waals surface area contributed by atoms with E-state index < -0.39 is 9.84 Å². The van der Waals surface area contributed by atoms with Gasteiger partial charge in [-0.05, 0) is 25.7 Å². The van der Waals surface area contributed by atoms with Crippen LogP contribution in [-0.4, -0.2) is 60.9 Å². The van der Waals surface area contributed by atoms with Gasteiger partial charge in [-0.25, -0.2) is 8.42 Å². The number of hydrogen-bond acceptors (Lipinski definition) is 7. The molecule has 22 heavy (non-hydrogen) atoms. The summed E-state index contributed by atoms with van der Waals surface area (Å²) < 4.78 is 33.0. The standard InChI is InChI=1S/C13H19N3O4S2/c1-22(18,19)13-11(14-15-21-13)9-4-6-16(7-5-9)12(17)10-3-2-8-20-10/h9-10H,2-8H2,1H3/t10-/m0/s1. The summed E-state index contributed by atoms with van der Waals surface area (Å²) in [5.41, 5.74) is 0.566. The Balaban J connectivity index is 1.65. The van der Waals surface area contributed by atoms with Crippen molar-refractivity contribution < 1.29 is 17.9 Å². The van der Waals surface area contributed by atoms with Crippen molar-refractivity contribution in [3.8, 4) is 0 Å². The Hall–Kier alpha value is -1.06. The molecule has 3 heterocycles. The summed E-state index contributed by atoms with van der Waals surface area (Å²) in [5, 5.41) is 4.01. The number of nitrogens with zero attached hydrogens (tertiary/aromatic N) is 3. The molecule has 1 aromatic rings. The van der Waals surface area contributed by atoms with Crippen molar-refractivity contribution in [2.45, 2.75) is 41.9 Å². The molecule has 0 unspecified atom stereocenters. The summed E-state index contributed by atoms with van der Waals surface area (Å²) >= 11 is 0.928. The molecular formula is C13H19N3O4S2. The predicted molar refractivity (Wildman–Crippen MR) is 80.5 cm³/mol. The highest BCUT2D eigenvalue weighted by Gasteiger charge is 2.33. The summed E-state index contributed by atoms with van der Waals surface area (Å²) in [7, 11) is -3.29. The molecule has 2 fully saturated rings. The summed E-state index contributed by atoms with van der Waals surface area (Å²) in [4.78, 5) is 14.1. The van der Waals surface area contributed by atoms with Crippen LogP contribution in [0.4, 0.5) is 0 Å². The second kappa shape index (κ2) is 6.21. The number of aromatic nitrogens is 2. The van der Waals surface area contributed by atoms with Crippen LogP contribution in [0.3, 0.4) is 0 Å². The topological polar surface area (TPSA) is 89.5 Å². The normalized spacial score (nSPS) is 23.9. The van der Waals surface area contributed by atoms with Gasteiger partial charge in [-0.3, -0.25) is 4.79 Å². The molecule has 1 atom stereocenters. The number of rotatable bonds is 3. The summed E-state index contributed by atoms with van der Waals surface area (Å²) in [6.45, 7) is 1.89. The fraction of sp³-hybridized carbons (Fsp3) is 0.769. The number of ether oxygens (including phenoxy) is 1. The lowest BCUT2D eigenvalue weighted by atomic mass is 9.94. The third kappa shape index (κ3) is 3.16. The van der Waals surface area contributed by atoms with Gasteiger partial charge in [0.05, 0.1) is 5.69 Å². The van der Waals surface area contributed by atoms with Crippen molar-refractivity contribution in [2.24, 2.45) is 0 Å². The minimum atomic E-state index is -3.29. The highest BCUT2D eigenvalue weighted by Crippen LogP contribution is 2.33. The third-order valence-corrected chi connectivity index (χ3v) is 6.77. The number of likely N-dealkylation sites (tertiary alicyclic amines) is 1. The molecule has 0 N–H and O–H groups in total. The largest absolute Gasteiger partial charge is 0.368 e. The smallest absolute Gasteiger partial charge is 0.251 e. The van der Waals surface area contributed by atoms with Gasteiger partial charge in [0.2, 0.25) is 0 Å². The van der Waals surface area contributed by atoms with Crippen molar-refractivity contribution >= 4 is 27.3 Å². The molecular weight excluding hydrogens is 326 g/mol. The Labute approximate surface area is 133 Å². The molecule has 1 aromatic heterocycles. The molecule has 0 saturated carbocycles. The molecule has 2 saturated heterocycles. The first-order chi connectivity index (χ1) is 10.5. The second-order valence-electron chi connectivity index (χ2n) is 5.82. The lowest BCUT2D eigenvalue weighted by molar-refractivity contribution is -0.142. The molecule has 2 aliphatic rings. The van der Waals surface area contributed by atoms with E-state index in [1.807, 2.05) is 4.90 Å². The van der Waals surface area contributed by atoms with E-state index >= 15 is 0 Å². The monoisotopic (exact) mass is 345 g/mol. The SMILES string of the molecule is CS(=O)(=O)c1snnc1C1CCN(C(=O)[C@@H]2CCCO2)CC1. The van der Waals surface area contributed by atoms with E-state index in [0.717, 1.165) is 24.4 Å². The first-order valence-corrected chi connectivity index (χ1v) is 10.1. The van der Waals surface area contributed by atoms with Crippen LogP contribution in [0.1, 0.15) is 37.3 Å². The summed E-state index contributed by atoms with van der Waals surface area (Å²) in [6.07, 6.45) is 4.06. The lowest BCUT2D eigenvalue weighted by Crippen LogP contribution is -2.43. The molecule has 0 spiro atoms. The maximum absolute atomic E-state index is 12.3. The summed E-state index contributed by atoms with van der Waals surface area (Å²) in [5.74, 6) is 0.118. The van der Waals surface area contributed by atoms with Crippen molar-refractivity contribution in [1.82, 2.24) is 14.5 Å². The summed E-state index contributed by atoms with van der Waals surface area (Å²) in [6, 6.07) is 0. The molecule has 2 aliphatic heterocycles. The average Bonchev–Trinajstić information content (AvgIpc) is 3.17. The molecule has 0 aromatic carbocycles. The van der Waals surface area contributed by atoms with Gasteiger partial charge in [-0.2, -0.15) is 0 Å². The maximum Gasteiger partial charge on any atom is 0.251 e. The Kier molecular flexibility index (Phi) is 4.47. The molecule has 7 nitrogen and oxygen atoms in total. The zero-order valence-electron chi connectivity index (χ0n) is 12.4. The molecule has 0 aliphatic carbocycles. The van der Waals surface area contributed by atoms with Crippen molar-refractivity contribution in [3.63, 3.8) is 0 Å². The average molecular weight is 345 g/mol. The van der Waals surface area contributed by atoms with Crippen LogP contribution in [0.15, 0.2) is 4.21 Å². The van der Waals surface area contributed by atoms with Gasteiger partial charge in [0.25, 0.3) is 5.91 Å².